The number of benzene rings is 2. The van der Waals surface area contributed by atoms with Gasteiger partial charge in [-0.05, 0) is 37.0 Å². The van der Waals surface area contributed by atoms with Crippen molar-refractivity contribution in [2.24, 2.45) is 0 Å². The summed E-state index contributed by atoms with van der Waals surface area (Å²) < 4.78 is 10.3. The third-order valence-electron chi connectivity index (χ3n) is 4.95. The van der Waals surface area contributed by atoms with Gasteiger partial charge in [-0.2, -0.15) is 0 Å². The molecule has 0 saturated heterocycles. The van der Waals surface area contributed by atoms with Crippen molar-refractivity contribution in [2.75, 3.05) is 13.7 Å². The first kappa shape index (κ1) is 19.7. The van der Waals surface area contributed by atoms with Crippen molar-refractivity contribution in [3.63, 3.8) is 0 Å². The number of fused-ring (bicyclic) bond motifs is 1. The van der Waals surface area contributed by atoms with Crippen LogP contribution in [0.15, 0.2) is 36.4 Å². The van der Waals surface area contributed by atoms with Crippen molar-refractivity contribution in [1.82, 2.24) is 0 Å². The fourth-order valence-corrected chi connectivity index (χ4v) is 3.92. The van der Waals surface area contributed by atoms with E-state index in [0.29, 0.717) is 30.8 Å². The summed E-state index contributed by atoms with van der Waals surface area (Å²) in [6.45, 7) is 2.22. The number of halogens is 2. The third kappa shape index (κ3) is 3.69. The molecule has 0 amide bonds. The molecule has 0 heterocycles. The van der Waals surface area contributed by atoms with Gasteiger partial charge in [-0.25, -0.2) is 0 Å². The fourth-order valence-electron chi connectivity index (χ4n) is 3.42. The first-order chi connectivity index (χ1) is 12.9. The van der Waals surface area contributed by atoms with Crippen LogP contribution in [0.4, 0.5) is 0 Å². The second-order valence-electron chi connectivity index (χ2n) is 6.77. The Hall–Kier alpha value is -2.04. The highest BCUT2D eigenvalue weighted by molar-refractivity contribution is 6.45. The van der Waals surface area contributed by atoms with Gasteiger partial charge in [0.1, 0.15) is 10.8 Å². The molecule has 0 unspecified atom stereocenters. The van der Waals surface area contributed by atoms with Gasteiger partial charge < -0.3 is 9.47 Å². The Morgan fingerprint density at radius 3 is 2.56 bits per heavy atom. The number of hydrogen-bond acceptors (Lipinski definition) is 4. The number of Topliss-reactive ketones (excluding diaryl/α,β-unsaturated/α-hetero) is 1. The zero-order valence-electron chi connectivity index (χ0n) is 15.2. The molecule has 142 valence electrons. The molecule has 0 fully saturated rings. The maximum atomic E-state index is 13.1. The number of rotatable bonds is 6. The lowest BCUT2D eigenvalue weighted by atomic mass is 9.79. The maximum absolute atomic E-state index is 13.1. The predicted octanol–water partition coefficient (Wildman–Crippen LogP) is 5.02. The zero-order chi connectivity index (χ0) is 19.6. The standard InChI is InChI=1S/C21H20Cl2O4/c1-21(14-7-4-3-5-8-14)12-13-11-15(27-10-6-9-16(24)26-2)18(22)19(23)17(13)20(21)25/h3-5,7-8,11H,6,9-10,12H2,1-2H3/t21-/m1/s1. The molecule has 2 aromatic carbocycles. The number of carbonyl (C=O) groups excluding carboxylic acids is 2. The smallest absolute Gasteiger partial charge is 0.305 e. The van der Waals surface area contributed by atoms with Crippen molar-refractivity contribution in [3.8, 4) is 5.75 Å². The van der Waals surface area contributed by atoms with Crippen LogP contribution in [0.2, 0.25) is 10.0 Å². The van der Waals surface area contributed by atoms with E-state index in [1.807, 2.05) is 37.3 Å². The Labute approximate surface area is 168 Å². The lowest BCUT2D eigenvalue weighted by Gasteiger charge is -2.22. The number of hydrogen-bond donors (Lipinski definition) is 0. The van der Waals surface area contributed by atoms with Gasteiger partial charge in [0.25, 0.3) is 0 Å². The normalized spacial score (nSPS) is 18.3. The van der Waals surface area contributed by atoms with Gasteiger partial charge in [-0.3, -0.25) is 9.59 Å². The molecule has 0 aliphatic heterocycles. The number of methoxy groups -OCH3 is 1. The first-order valence-corrected chi connectivity index (χ1v) is 9.45. The number of ketones is 1. The molecule has 1 atom stereocenters. The van der Waals surface area contributed by atoms with E-state index in [1.54, 1.807) is 6.07 Å². The quantitative estimate of drug-likeness (QED) is 0.498. The molecule has 0 bridgehead atoms. The van der Waals surface area contributed by atoms with Crippen LogP contribution in [0.3, 0.4) is 0 Å². The van der Waals surface area contributed by atoms with E-state index in [4.69, 9.17) is 27.9 Å². The summed E-state index contributed by atoms with van der Waals surface area (Å²) in [6.07, 6.45) is 1.29. The van der Waals surface area contributed by atoms with Crippen molar-refractivity contribution in [1.29, 1.82) is 0 Å². The van der Waals surface area contributed by atoms with Crippen LogP contribution in [-0.4, -0.2) is 25.5 Å². The minimum Gasteiger partial charge on any atom is -0.492 e. The summed E-state index contributed by atoms with van der Waals surface area (Å²) >= 11 is 12.8. The lowest BCUT2D eigenvalue weighted by molar-refractivity contribution is -0.140. The van der Waals surface area contributed by atoms with Crippen LogP contribution in [0.5, 0.6) is 5.75 Å². The predicted molar refractivity (Wildman–Crippen MR) is 105 cm³/mol. The molecule has 0 saturated carbocycles. The van der Waals surface area contributed by atoms with E-state index in [0.717, 1.165) is 11.1 Å². The minimum absolute atomic E-state index is 0.0344. The highest BCUT2D eigenvalue weighted by Gasteiger charge is 2.45. The molecule has 1 aliphatic rings. The number of carbonyl (C=O) groups is 2. The topological polar surface area (TPSA) is 52.6 Å². The highest BCUT2D eigenvalue weighted by Crippen LogP contribution is 2.47. The van der Waals surface area contributed by atoms with Crippen LogP contribution < -0.4 is 4.74 Å². The second kappa shape index (κ2) is 7.91. The molecule has 2 aromatic rings. The molecule has 3 rings (SSSR count). The molecule has 4 nitrogen and oxygen atoms in total. The van der Waals surface area contributed by atoms with Crippen LogP contribution in [0, 0.1) is 0 Å². The van der Waals surface area contributed by atoms with E-state index >= 15 is 0 Å². The molecule has 0 radical (unpaired) electrons. The summed E-state index contributed by atoms with van der Waals surface area (Å²) in [7, 11) is 1.35. The average molecular weight is 407 g/mol. The van der Waals surface area contributed by atoms with Crippen LogP contribution >= 0.6 is 23.2 Å². The van der Waals surface area contributed by atoms with Gasteiger partial charge >= 0.3 is 5.97 Å². The van der Waals surface area contributed by atoms with Crippen molar-refractivity contribution < 1.29 is 19.1 Å². The van der Waals surface area contributed by atoms with Gasteiger partial charge in [-0.1, -0.05) is 53.5 Å². The Morgan fingerprint density at radius 1 is 1.19 bits per heavy atom. The van der Waals surface area contributed by atoms with E-state index in [-0.39, 0.29) is 28.2 Å². The van der Waals surface area contributed by atoms with E-state index in [1.165, 1.54) is 7.11 Å². The van der Waals surface area contributed by atoms with Crippen molar-refractivity contribution >= 4 is 35.0 Å². The Bertz CT molecular complexity index is 879. The SMILES string of the molecule is COC(=O)CCCOc1cc2c(c(Cl)c1Cl)C(=O)[C@@](C)(c1ccccc1)C2. The summed E-state index contributed by atoms with van der Waals surface area (Å²) in [5, 5.41) is 0.445. The maximum Gasteiger partial charge on any atom is 0.305 e. The zero-order valence-corrected chi connectivity index (χ0v) is 16.7. The summed E-state index contributed by atoms with van der Waals surface area (Å²) in [6, 6.07) is 11.4. The molecular weight excluding hydrogens is 387 g/mol. The molecule has 0 N–H and O–H groups in total. The van der Waals surface area contributed by atoms with Gasteiger partial charge in [0.05, 0.1) is 24.2 Å². The largest absolute Gasteiger partial charge is 0.492 e. The highest BCUT2D eigenvalue weighted by atomic mass is 35.5. The van der Waals surface area contributed by atoms with Gasteiger partial charge in [0.2, 0.25) is 0 Å². The fraction of sp³-hybridized carbons (Fsp3) is 0.333. The van der Waals surface area contributed by atoms with Gasteiger partial charge in [-0.15, -0.1) is 0 Å². The minimum atomic E-state index is -0.680. The average Bonchev–Trinajstić information content (AvgIpc) is 2.94. The summed E-state index contributed by atoms with van der Waals surface area (Å²) in [5.74, 6) is 0.101. The van der Waals surface area contributed by atoms with Crippen LogP contribution in [0.25, 0.3) is 0 Å². The van der Waals surface area contributed by atoms with Crippen LogP contribution in [-0.2, 0) is 21.4 Å². The molecular formula is C21H20Cl2O4. The molecule has 6 heteroatoms. The van der Waals surface area contributed by atoms with Crippen molar-refractivity contribution in [2.45, 2.75) is 31.6 Å². The lowest BCUT2D eigenvalue weighted by Crippen LogP contribution is -2.29. The van der Waals surface area contributed by atoms with E-state index < -0.39 is 5.41 Å². The summed E-state index contributed by atoms with van der Waals surface area (Å²) in [4.78, 5) is 24.3. The Morgan fingerprint density at radius 2 is 1.89 bits per heavy atom. The summed E-state index contributed by atoms with van der Waals surface area (Å²) in [5.41, 5.74) is 1.55. The Balaban J connectivity index is 1.85. The van der Waals surface area contributed by atoms with E-state index in [9.17, 15) is 9.59 Å². The van der Waals surface area contributed by atoms with Crippen LogP contribution in [0.1, 0.15) is 41.3 Å². The molecule has 0 aromatic heterocycles. The number of ether oxygens (including phenoxy) is 2. The monoisotopic (exact) mass is 406 g/mol. The third-order valence-corrected chi connectivity index (χ3v) is 5.80. The second-order valence-corrected chi connectivity index (χ2v) is 7.52. The molecule has 27 heavy (non-hydrogen) atoms. The van der Waals surface area contributed by atoms with Gasteiger partial charge in [0.15, 0.2) is 5.78 Å². The van der Waals surface area contributed by atoms with E-state index in [2.05, 4.69) is 4.74 Å². The number of esters is 1. The molecule has 1 aliphatic carbocycles. The molecule has 0 spiro atoms. The Kier molecular flexibility index (Phi) is 5.78. The van der Waals surface area contributed by atoms with Crippen molar-refractivity contribution in [3.05, 3.63) is 63.1 Å². The first-order valence-electron chi connectivity index (χ1n) is 8.69. The van der Waals surface area contributed by atoms with Gasteiger partial charge in [0, 0.05) is 12.0 Å².